The molecular weight excluding hydrogens is 234 g/mol. The molecule has 2 aromatic heterocycles. The van der Waals surface area contributed by atoms with Crippen LogP contribution < -0.4 is 5.32 Å². The van der Waals surface area contributed by atoms with E-state index in [1.165, 1.54) is 6.33 Å². The lowest BCUT2D eigenvalue weighted by Crippen LogP contribution is -2.34. The highest BCUT2D eigenvalue weighted by molar-refractivity contribution is 5.81. The fraction of sp³-hybridized carbons (Fsp3) is 0.545. The summed E-state index contributed by atoms with van der Waals surface area (Å²) in [5, 5.41) is 13.2. The van der Waals surface area contributed by atoms with Gasteiger partial charge >= 0.3 is 0 Å². The Morgan fingerprint density at radius 1 is 1.44 bits per heavy atom. The minimum atomic E-state index is -0.854. The van der Waals surface area contributed by atoms with E-state index in [1.54, 1.807) is 20.4 Å². The molecule has 2 rings (SSSR count). The lowest BCUT2D eigenvalue weighted by atomic mass is 10.0. The van der Waals surface area contributed by atoms with E-state index in [4.69, 9.17) is 4.74 Å². The monoisotopic (exact) mass is 251 g/mol. The standard InChI is InChI=1S/C11H17N5O2/c1-11(17,3-4-18-2)5-12-9-8-10(14-6-13-8)16-7-15-9/h6-7,17H,3-5H2,1-2H3,(H2,12,13,14,15,16). The molecule has 0 aliphatic heterocycles. The number of hydrogen-bond donors (Lipinski definition) is 3. The number of nitrogens with zero attached hydrogens (tertiary/aromatic N) is 3. The van der Waals surface area contributed by atoms with Crippen molar-refractivity contribution in [3.05, 3.63) is 12.7 Å². The van der Waals surface area contributed by atoms with Crippen molar-refractivity contribution in [1.82, 2.24) is 19.9 Å². The number of aromatic nitrogens is 4. The van der Waals surface area contributed by atoms with Gasteiger partial charge in [0.05, 0.1) is 11.9 Å². The number of hydrogen-bond acceptors (Lipinski definition) is 6. The zero-order valence-electron chi connectivity index (χ0n) is 10.5. The van der Waals surface area contributed by atoms with Gasteiger partial charge in [0, 0.05) is 26.7 Å². The smallest absolute Gasteiger partial charge is 0.182 e. The Balaban J connectivity index is 2.03. The number of aromatic amines is 1. The molecule has 0 bridgehead atoms. The van der Waals surface area contributed by atoms with E-state index in [-0.39, 0.29) is 0 Å². The Morgan fingerprint density at radius 3 is 3.06 bits per heavy atom. The normalized spacial score (nSPS) is 14.6. The minimum absolute atomic E-state index is 0.376. The maximum Gasteiger partial charge on any atom is 0.182 e. The van der Waals surface area contributed by atoms with Gasteiger partial charge in [0.1, 0.15) is 11.8 Å². The molecule has 98 valence electrons. The first-order valence-electron chi connectivity index (χ1n) is 5.72. The van der Waals surface area contributed by atoms with E-state index in [2.05, 4.69) is 25.3 Å². The minimum Gasteiger partial charge on any atom is -0.388 e. The third-order valence-corrected chi connectivity index (χ3v) is 2.70. The molecule has 0 aliphatic carbocycles. The topological polar surface area (TPSA) is 96.0 Å². The van der Waals surface area contributed by atoms with Crippen LogP contribution >= 0.6 is 0 Å². The maximum absolute atomic E-state index is 10.1. The molecule has 0 radical (unpaired) electrons. The van der Waals surface area contributed by atoms with Crippen molar-refractivity contribution >= 4 is 17.0 Å². The van der Waals surface area contributed by atoms with Gasteiger partial charge in [0.25, 0.3) is 0 Å². The first-order chi connectivity index (χ1) is 8.62. The highest BCUT2D eigenvalue weighted by atomic mass is 16.5. The summed E-state index contributed by atoms with van der Waals surface area (Å²) in [5.41, 5.74) is 0.483. The quantitative estimate of drug-likeness (QED) is 0.694. The number of aliphatic hydroxyl groups is 1. The number of H-pyrrole nitrogens is 1. The summed E-state index contributed by atoms with van der Waals surface area (Å²) in [6.45, 7) is 2.64. The number of ether oxygens (including phenoxy) is 1. The largest absolute Gasteiger partial charge is 0.388 e. The molecule has 7 heteroatoms. The molecule has 0 saturated heterocycles. The fourth-order valence-electron chi connectivity index (χ4n) is 1.58. The van der Waals surface area contributed by atoms with Crippen LogP contribution in [0.4, 0.5) is 5.82 Å². The average Bonchev–Trinajstić information content (AvgIpc) is 2.82. The lowest BCUT2D eigenvalue weighted by Gasteiger charge is -2.23. The molecule has 18 heavy (non-hydrogen) atoms. The van der Waals surface area contributed by atoms with Crippen LogP contribution in [0, 0.1) is 0 Å². The molecule has 0 fully saturated rings. The van der Waals surface area contributed by atoms with Crippen LogP contribution in [-0.2, 0) is 4.74 Å². The first-order valence-corrected chi connectivity index (χ1v) is 5.72. The molecule has 2 heterocycles. The zero-order valence-corrected chi connectivity index (χ0v) is 10.5. The molecule has 1 unspecified atom stereocenters. The molecular formula is C11H17N5O2. The SMILES string of the molecule is COCCC(C)(O)CNc1ncnc2nc[nH]c12. The summed E-state index contributed by atoms with van der Waals surface area (Å²) in [6, 6.07) is 0. The second-order valence-electron chi connectivity index (χ2n) is 4.42. The van der Waals surface area contributed by atoms with Crippen molar-refractivity contribution in [2.75, 3.05) is 25.6 Å². The molecule has 3 N–H and O–H groups in total. The summed E-state index contributed by atoms with van der Waals surface area (Å²) in [4.78, 5) is 15.2. The van der Waals surface area contributed by atoms with Crippen LogP contribution in [0.15, 0.2) is 12.7 Å². The summed E-state index contributed by atoms with van der Waals surface area (Å²) in [7, 11) is 1.61. The number of anilines is 1. The van der Waals surface area contributed by atoms with E-state index in [0.717, 1.165) is 5.52 Å². The van der Waals surface area contributed by atoms with Gasteiger partial charge in [-0.3, -0.25) is 0 Å². The van der Waals surface area contributed by atoms with Gasteiger partial charge in [0.15, 0.2) is 11.5 Å². The molecule has 0 aliphatic rings. The van der Waals surface area contributed by atoms with Crippen LogP contribution in [0.2, 0.25) is 0 Å². The predicted molar refractivity (Wildman–Crippen MR) is 67.3 cm³/mol. The first kappa shape index (κ1) is 12.7. The summed E-state index contributed by atoms with van der Waals surface area (Å²) < 4.78 is 4.96. The Kier molecular flexibility index (Phi) is 3.73. The average molecular weight is 251 g/mol. The highest BCUT2D eigenvalue weighted by Gasteiger charge is 2.20. The van der Waals surface area contributed by atoms with E-state index < -0.39 is 5.60 Å². The number of rotatable bonds is 6. The number of nitrogens with one attached hydrogen (secondary N) is 2. The second-order valence-corrected chi connectivity index (χ2v) is 4.42. The van der Waals surface area contributed by atoms with Gasteiger partial charge in [-0.25, -0.2) is 15.0 Å². The van der Waals surface area contributed by atoms with Crippen LogP contribution in [0.5, 0.6) is 0 Å². The molecule has 0 aromatic carbocycles. The van der Waals surface area contributed by atoms with Crippen molar-refractivity contribution < 1.29 is 9.84 Å². The van der Waals surface area contributed by atoms with Gasteiger partial charge in [-0.05, 0) is 6.92 Å². The molecule has 0 amide bonds. The van der Waals surface area contributed by atoms with E-state index in [9.17, 15) is 5.11 Å². The van der Waals surface area contributed by atoms with Crippen LogP contribution in [0.1, 0.15) is 13.3 Å². The second kappa shape index (κ2) is 5.28. The van der Waals surface area contributed by atoms with Crippen LogP contribution in [0.3, 0.4) is 0 Å². The number of methoxy groups -OCH3 is 1. The molecule has 0 saturated carbocycles. The van der Waals surface area contributed by atoms with Crippen LogP contribution in [-0.4, -0.2) is 50.9 Å². The Hall–Kier alpha value is -1.73. The Labute approximate surface area is 105 Å². The van der Waals surface area contributed by atoms with Gasteiger partial charge in [-0.1, -0.05) is 0 Å². The lowest BCUT2D eigenvalue weighted by molar-refractivity contribution is 0.0357. The Bertz CT molecular complexity index is 511. The van der Waals surface area contributed by atoms with Crippen molar-refractivity contribution in [1.29, 1.82) is 0 Å². The third-order valence-electron chi connectivity index (χ3n) is 2.70. The van der Waals surface area contributed by atoms with Gasteiger partial charge in [-0.15, -0.1) is 0 Å². The number of imidazole rings is 1. The molecule has 1 atom stereocenters. The van der Waals surface area contributed by atoms with E-state index >= 15 is 0 Å². The van der Waals surface area contributed by atoms with E-state index in [0.29, 0.717) is 31.0 Å². The van der Waals surface area contributed by atoms with Crippen molar-refractivity contribution in [2.24, 2.45) is 0 Å². The van der Waals surface area contributed by atoms with Crippen LogP contribution in [0.25, 0.3) is 11.2 Å². The summed E-state index contributed by atoms with van der Waals surface area (Å²) >= 11 is 0. The molecule has 7 nitrogen and oxygen atoms in total. The predicted octanol–water partition coefficient (Wildman–Crippen LogP) is 0.552. The molecule has 2 aromatic rings. The number of fused-ring (bicyclic) bond motifs is 1. The van der Waals surface area contributed by atoms with Gasteiger partial charge < -0.3 is 20.1 Å². The van der Waals surface area contributed by atoms with E-state index in [1.807, 2.05) is 0 Å². The summed E-state index contributed by atoms with van der Waals surface area (Å²) in [5.74, 6) is 0.634. The van der Waals surface area contributed by atoms with Gasteiger partial charge in [-0.2, -0.15) is 0 Å². The fourth-order valence-corrected chi connectivity index (χ4v) is 1.58. The maximum atomic E-state index is 10.1. The Morgan fingerprint density at radius 2 is 2.28 bits per heavy atom. The third kappa shape index (κ3) is 2.93. The van der Waals surface area contributed by atoms with Crippen molar-refractivity contribution in [3.63, 3.8) is 0 Å². The highest BCUT2D eigenvalue weighted by Crippen LogP contribution is 2.16. The van der Waals surface area contributed by atoms with Crippen molar-refractivity contribution in [3.8, 4) is 0 Å². The van der Waals surface area contributed by atoms with Gasteiger partial charge in [0.2, 0.25) is 0 Å². The zero-order chi connectivity index (χ0) is 13.0. The summed E-state index contributed by atoms with van der Waals surface area (Å²) in [6.07, 6.45) is 3.55. The van der Waals surface area contributed by atoms with Crippen molar-refractivity contribution in [2.45, 2.75) is 18.9 Å². The molecule has 0 spiro atoms.